The maximum Gasteiger partial charge on any atom is 0.229 e. The van der Waals surface area contributed by atoms with Crippen molar-refractivity contribution < 1.29 is 4.79 Å². The lowest BCUT2D eigenvalue weighted by Crippen LogP contribution is -2.23. The highest BCUT2D eigenvalue weighted by Crippen LogP contribution is 2.29. The van der Waals surface area contributed by atoms with Crippen LogP contribution in [0.15, 0.2) is 18.2 Å². The number of halogens is 1. The first-order chi connectivity index (χ1) is 10.2. The Morgan fingerprint density at radius 3 is 2.67 bits per heavy atom. The van der Waals surface area contributed by atoms with Crippen LogP contribution in [0.4, 0.5) is 5.13 Å². The molecule has 0 spiro atoms. The van der Waals surface area contributed by atoms with Crippen molar-refractivity contribution in [2.45, 2.75) is 44.9 Å². The average molecular weight is 323 g/mol. The molecule has 3 nitrogen and oxygen atoms in total. The zero-order valence-electron chi connectivity index (χ0n) is 11.9. The number of carbonyl (C=O) groups excluding carboxylic acids is 1. The van der Waals surface area contributed by atoms with E-state index in [9.17, 15) is 4.79 Å². The number of nitrogens with zero attached hydrogens (tertiary/aromatic N) is 1. The SMILES string of the molecule is O=C(Nc1nc2ccc(Cl)cc2s1)C1CCCCCCC1. The summed E-state index contributed by atoms with van der Waals surface area (Å²) in [5.74, 6) is 0.267. The lowest BCUT2D eigenvalue weighted by molar-refractivity contribution is -0.120. The molecule has 1 amide bonds. The summed E-state index contributed by atoms with van der Waals surface area (Å²) in [6.45, 7) is 0. The van der Waals surface area contributed by atoms with E-state index in [0.29, 0.717) is 10.2 Å². The van der Waals surface area contributed by atoms with E-state index in [-0.39, 0.29) is 11.8 Å². The third-order valence-corrected chi connectivity index (χ3v) is 5.23. The van der Waals surface area contributed by atoms with E-state index in [2.05, 4.69) is 10.3 Å². The molecule has 1 aromatic carbocycles. The van der Waals surface area contributed by atoms with Crippen LogP contribution >= 0.6 is 22.9 Å². The van der Waals surface area contributed by atoms with Crippen molar-refractivity contribution in [3.63, 3.8) is 0 Å². The molecule has 1 N–H and O–H groups in total. The van der Waals surface area contributed by atoms with Crippen molar-refractivity contribution in [2.24, 2.45) is 5.92 Å². The zero-order chi connectivity index (χ0) is 14.7. The van der Waals surface area contributed by atoms with Gasteiger partial charge in [-0.25, -0.2) is 4.98 Å². The van der Waals surface area contributed by atoms with E-state index in [1.165, 1.54) is 30.6 Å². The molecule has 5 heteroatoms. The van der Waals surface area contributed by atoms with Crippen LogP contribution in [0, 0.1) is 5.92 Å². The molecule has 1 saturated carbocycles. The lowest BCUT2D eigenvalue weighted by Gasteiger charge is -2.18. The van der Waals surface area contributed by atoms with Gasteiger partial charge in [-0.1, -0.05) is 55.0 Å². The van der Waals surface area contributed by atoms with Crippen LogP contribution in [0.3, 0.4) is 0 Å². The first-order valence-electron chi connectivity index (χ1n) is 7.59. The van der Waals surface area contributed by atoms with Gasteiger partial charge in [-0.15, -0.1) is 0 Å². The number of rotatable bonds is 2. The second-order valence-corrected chi connectivity index (χ2v) is 7.13. The number of thiazole rings is 1. The molecule has 0 bridgehead atoms. The van der Waals surface area contributed by atoms with Crippen LogP contribution < -0.4 is 5.32 Å². The maximum atomic E-state index is 12.4. The largest absolute Gasteiger partial charge is 0.302 e. The lowest BCUT2D eigenvalue weighted by atomic mass is 9.90. The Hall–Kier alpha value is -1.13. The molecule has 0 atom stereocenters. The van der Waals surface area contributed by atoms with Crippen molar-refractivity contribution in [3.8, 4) is 0 Å². The summed E-state index contributed by atoms with van der Waals surface area (Å²) in [4.78, 5) is 16.9. The van der Waals surface area contributed by atoms with Gasteiger partial charge in [-0.2, -0.15) is 0 Å². The molecule has 1 fully saturated rings. The molecule has 0 saturated heterocycles. The van der Waals surface area contributed by atoms with Crippen LogP contribution in [0.25, 0.3) is 10.2 Å². The van der Waals surface area contributed by atoms with Crippen LogP contribution in [-0.2, 0) is 4.79 Å². The number of aromatic nitrogens is 1. The van der Waals surface area contributed by atoms with Gasteiger partial charge in [0.15, 0.2) is 5.13 Å². The summed E-state index contributed by atoms with van der Waals surface area (Å²) in [5.41, 5.74) is 0.886. The molecular weight excluding hydrogens is 304 g/mol. The Labute approximate surface area is 133 Å². The summed E-state index contributed by atoms with van der Waals surface area (Å²) in [7, 11) is 0. The molecule has 112 valence electrons. The minimum Gasteiger partial charge on any atom is -0.302 e. The van der Waals surface area contributed by atoms with Crippen LogP contribution in [-0.4, -0.2) is 10.9 Å². The van der Waals surface area contributed by atoms with E-state index in [0.717, 1.165) is 35.9 Å². The number of hydrogen-bond donors (Lipinski definition) is 1. The monoisotopic (exact) mass is 322 g/mol. The quantitative estimate of drug-likeness (QED) is 0.820. The molecule has 3 rings (SSSR count). The highest BCUT2D eigenvalue weighted by molar-refractivity contribution is 7.22. The summed E-state index contributed by atoms with van der Waals surface area (Å²) >= 11 is 7.47. The van der Waals surface area contributed by atoms with Gasteiger partial charge in [-0.3, -0.25) is 4.79 Å². The fraction of sp³-hybridized carbons (Fsp3) is 0.500. The van der Waals surface area contributed by atoms with Crippen LogP contribution in [0.5, 0.6) is 0 Å². The summed E-state index contributed by atoms with van der Waals surface area (Å²) in [6.07, 6.45) is 8.14. The predicted molar refractivity (Wildman–Crippen MR) is 89.1 cm³/mol. The van der Waals surface area contributed by atoms with Crippen molar-refractivity contribution in [3.05, 3.63) is 23.2 Å². The van der Waals surface area contributed by atoms with Crippen molar-refractivity contribution in [2.75, 3.05) is 5.32 Å². The van der Waals surface area contributed by atoms with Crippen LogP contribution in [0.1, 0.15) is 44.9 Å². The normalized spacial score (nSPS) is 17.4. The number of benzene rings is 1. The van der Waals surface area contributed by atoms with Gasteiger partial charge < -0.3 is 5.32 Å². The zero-order valence-corrected chi connectivity index (χ0v) is 13.5. The minimum atomic E-state index is 0.127. The molecule has 1 aliphatic rings. The summed E-state index contributed by atoms with van der Waals surface area (Å²) in [6, 6.07) is 5.60. The Morgan fingerprint density at radius 1 is 1.19 bits per heavy atom. The third kappa shape index (κ3) is 3.74. The molecule has 0 aliphatic heterocycles. The molecule has 0 radical (unpaired) electrons. The molecule has 21 heavy (non-hydrogen) atoms. The van der Waals surface area contributed by atoms with E-state index in [1.54, 1.807) is 0 Å². The smallest absolute Gasteiger partial charge is 0.229 e. The molecule has 1 aliphatic carbocycles. The van der Waals surface area contributed by atoms with E-state index in [1.807, 2.05) is 18.2 Å². The fourth-order valence-corrected chi connectivity index (χ4v) is 4.02. The Morgan fingerprint density at radius 2 is 1.90 bits per heavy atom. The van der Waals surface area contributed by atoms with Gasteiger partial charge in [-0.05, 0) is 31.0 Å². The number of anilines is 1. The third-order valence-electron chi connectivity index (χ3n) is 4.06. The van der Waals surface area contributed by atoms with E-state index >= 15 is 0 Å². The van der Waals surface area contributed by atoms with Crippen molar-refractivity contribution >= 4 is 44.2 Å². The first-order valence-corrected chi connectivity index (χ1v) is 8.79. The minimum absolute atomic E-state index is 0.127. The Balaban J connectivity index is 1.69. The molecule has 1 aromatic heterocycles. The second-order valence-electron chi connectivity index (χ2n) is 5.66. The second kappa shape index (κ2) is 6.75. The van der Waals surface area contributed by atoms with Crippen molar-refractivity contribution in [1.82, 2.24) is 4.98 Å². The Kier molecular flexibility index (Phi) is 4.76. The fourth-order valence-electron chi connectivity index (χ4n) is 2.88. The van der Waals surface area contributed by atoms with Gasteiger partial charge >= 0.3 is 0 Å². The van der Waals surface area contributed by atoms with Gasteiger partial charge in [0.1, 0.15) is 0 Å². The molecule has 1 heterocycles. The standard InChI is InChI=1S/C16H19ClN2OS/c17-12-8-9-13-14(10-12)21-16(18-13)19-15(20)11-6-4-2-1-3-5-7-11/h8-11H,1-7H2,(H,18,19,20). The van der Waals surface area contributed by atoms with Gasteiger partial charge in [0.05, 0.1) is 10.2 Å². The number of hydrogen-bond acceptors (Lipinski definition) is 3. The highest BCUT2D eigenvalue weighted by Gasteiger charge is 2.20. The van der Waals surface area contributed by atoms with Gasteiger partial charge in [0.2, 0.25) is 5.91 Å². The predicted octanol–water partition coefficient (Wildman–Crippen LogP) is 5.25. The highest BCUT2D eigenvalue weighted by atomic mass is 35.5. The first kappa shape index (κ1) is 14.8. The summed E-state index contributed by atoms with van der Waals surface area (Å²) < 4.78 is 1.01. The van der Waals surface area contributed by atoms with Gasteiger partial charge in [0.25, 0.3) is 0 Å². The van der Waals surface area contributed by atoms with E-state index in [4.69, 9.17) is 11.6 Å². The number of nitrogens with one attached hydrogen (secondary N) is 1. The number of amides is 1. The maximum absolute atomic E-state index is 12.4. The van der Waals surface area contributed by atoms with Crippen molar-refractivity contribution in [1.29, 1.82) is 0 Å². The number of carbonyl (C=O) groups is 1. The van der Waals surface area contributed by atoms with Gasteiger partial charge in [0, 0.05) is 10.9 Å². The molecule has 2 aromatic rings. The van der Waals surface area contributed by atoms with Crippen LogP contribution in [0.2, 0.25) is 5.02 Å². The topological polar surface area (TPSA) is 42.0 Å². The average Bonchev–Trinajstić information content (AvgIpc) is 2.79. The van der Waals surface area contributed by atoms with E-state index < -0.39 is 0 Å². The molecule has 0 unspecified atom stereocenters. The molecular formula is C16H19ClN2OS. The Bertz CT molecular complexity index is 632. The summed E-state index contributed by atoms with van der Waals surface area (Å²) in [5, 5.41) is 4.37. The number of fused-ring (bicyclic) bond motifs is 1.